The molecule has 2 amide bonds. The zero-order valence-electron chi connectivity index (χ0n) is 16.0. The molecule has 2 rings (SSSR count). The molecule has 8 nitrogen and oxygen atoms in total. The van der Waals surface area contributed by atoms with Crippen molar-refractivity contribution in [3.05, 3.63) is 42.1 Å². The van der Waals surface area contributed by atoms with Gasteiger partial charge in [0.1, 0.15) is 12.0 Å². The summed E-state index contributed by atoms with van der Waals surface area (Å²) in [6.07, 6.45) is 2.03. The number of hydrogen-bond acceptors (Lipinski definition) is 6. The summed E-state index contributed by atoms with van der Waals surface area (Å²) >= 11 is 0. The molecule has 0 saturated heterocycles. The van der Waals surface area contributed by atoms with Crippen LogP contribution in [0.25, 0.3) is 0 Å². The fourth-order valence-electron chi connectivity index (χ4n) is 2.35. The van der Waals surface area contributed by atoms with Gasteiger partial charge in [0.15, 0.2) is 5.69 Å². The number of nitrogens with one attached hydrogen (secondary N) is 1. The Balaban J connectivity index is 2.14. The van der Waals surface area contributed by atoms with E-state index in [0.717, 1.165) is 6.42 Å². The normalized spacial score (nSPS) is 10.6. The van der Waals surface area contributed by atoms with Gasteiger partial charge in [-0.3, -0.25) is 0 Å². The average Bonchev–Trinajstić information content (AvgIpc) is 3.13. The maximum Gasteiger partial charge on any atom is 0.360 e. The number of benzene rings is 1. The molecule has 2 aromatic rings. The fourth-order valence-corrected chi connectivity index (χ4v) is 2.35. The van der Waals surface area contributed by atoms with Gasteiger partial charge in [-0.1, -0.05) is 26.0 Å². The maximum absolute atomic E-state index is 12.8. The second kappa shape index (κ2) is 9.61. The molecular formula is C19H25N3O5. The number of hydrogen-bond donors (Lipinski definition) is 1. The molecule has 0 saturated carbocycles. The number of urea groups is 1. The number of nitrogens with zero attached hydrogens (tertiary/aromatic N) is 2. The van der Waals surface area contributed by atoms with Gasteiger partial charge in [0.25, 0.3) is 0 Å². The van der Waals surface area contributed by atoms with Crippen LogP contribution < -0.4 is 10.1 Å². The standard InChI is InChI=1S/C19H25N3O5/c1-13(2)9-10-22(11-17-20-15(12-27-17)18(23)26-4)19(24)21-14-7-5-6-8-16(14)25-3/h5-8,12-13H,9-11H2,1-4H3,(H,21,24). The second-order valence-electron chi connectivity index (χ2n) is 6.35. The Bertz CT molecular complexity index is 772. The summed E-state index contributed by atoms with van der Waals surface area (Å²) in [6.45, 7) is 4.80. The Kier molecular flexibility index (Phi) is 7.22. The van der Waals surface area contributed by atoms with Crippen LogP contribution in [0, 0.1) is 5.92 Å². The highest BCUT2D eigenvalue weighted by molar-refractivity contribution is 5.91. The second-order valence-corrected chi connectivity index (χ2v) is 6.35. The highest BCUT2D eigenvalue weighted by atomic mass is 16.5. The number of methoxy groups -OCH3 is 2. The Morgan fingerprint density at radius 1 is 1.26 bits per heavy atom. The minimum Gasteiger partial charge on any atom is -0.495 e. The zero-order chi connectivity index (χ0) is 19.8. The van der Waals surface area contributed by atoms with Gasteiger partial charge in [-0.25, -0.2) is 14.6 Å². The highest BCUT2D eigenvalue weighted by Gasteiger charge is 2.20. The van der Waals surface area contributed by atoms with Crippen LogP contribution in [-0.2, 0) is 11.3 Å². The molecule has 1 N–H and O–H groups in total. The number of aromatic nitrogens is 1. The summed E-state index contributed by atoms with van der Waals surface area (Å²) in [4.78, 5) is 30.0. The quantitative estimate of drug-likeness (QED) is 0.709. The Labute approximate surface area is 158 Å². The summed E-state index contributed by atoms with van der Waals surface area (Å²) in [5, 5.41) is 2.85. The van der Waals surface area contributed by atoms with Crippen molar-refractivity contribution in [1.29, 1.82) is 0 Å². The van der Waals surface area contributed by atoms with E-state index in [1.807, 2.05) is 12.1 Å². The van der Waals surface area contributed by atoms with Crippen LogP contribution in [0.2, 0.25) is 0 Å². The van der Waals surface area contributed by atoms with Crippen molar-refractivity contribution >= 4 is 17.7 Å². The van der Waals surface area contributed by atoms with E-state index in [1.165, 1.54) is 13.4 Å². The number of esters is 1. The minimum absolute atomic E-state index is 0.0708. The first-order valence-corrected chi connectivity index (χ1v) is 8.66. The molecule has 0 fully saturated rings. The third kappa shape index (κ3) is 5.73. The SMILES string of the molecule is COC(=O)c1coc(CN(CCC(C)C)C(=O)Nc2ccccc2OC)n1. The number of anilines is 1. The van der Waals surface area contributed by atoms with Crippen molar-refractivity contribution in [3.63, 3.8) is 0 Å². The lowest BCUT2D eigenvalue weighted by molar-refractivity contribution is 0.0594. The van der Waals surface area contributed by atoms with Gasteiger partial charge in [0.05, 0.1) is 26.5 Å². The minimum atomic E-state index is -0.586. The number of rotatable bonds is 8. The van der Waals surface area contributed by atoms with Crippen molar-refractivity contribution in [1.82, 2.24) is 9.88 Å². The average molecular weight is 375 g/mol. The summed E-state index contributed by atoms with van der Waals surface area (Å²) in [5.41, 5.74) is 0.642. The molecule has 0 aliphatic heterocycles. The molecule has 1 aromatic carbocycles. The van der Waals surface area contributed by atoms with Crippen LogP contribution >= 0.6 is 0 Å². The molecule has 0 unspecified atom stereocenters. The van der Waals surface area contributed by atoms with Crippen molar-refractivity contribution < 1.29 is 23.5 Å². The first-order chi connectivity index (χ1) is 12.9. The van der Waals surface area contributed by atoms with Crippen LogP contribution in [0.4, 0.5) is 10.5 Å². The maximum atomic E-state index is 12.8. The number of carbonyl (C=O) groups is 2. The van der Waals surface area contributed by atoms with Crippen LogP contribution in [0.15, 0.2) is 34.9 Å². The summed E-state index contributed by atoms with van der Waals surface area (Å²) in [7, 11) is 2.81. The smallest absolute Gasteiger partial charge is 0.360 e. The van der Waals surface area contributed by atoms with Crippen LogP contribution in [0.3, 0.4) is 0 Å². The van der Waals surface area contributed by atoms with Crippen molar-refractivity contribution in [2.45, 2.75) is 26.8 Å². The number of carbonyl (C=O) groups excluding carboxylic acids is 2. The van der Waals surface area contributed by atoms with E-state index in [0.29, 0.717) is 23.9 Å². The lowest BCUT2D eigenvalue weighted by Crippen LogP contribution is -2.36. The number of para-hydroxylation sites is 2. The highest BCUT2D eigenvalue weighted by Crippen LogP contribution is 2.23. The van der Waals surface area contributed by atoms with E-state index in [9.17, 15) is 9.59 Å². The van der Waals surface area contributed by atoms with Crippen LogP contribution in [-0.4, -0.2) is 42.6 Å². The van der Waals surface area contributed by atoms with Gasteiger partial charge < -0.3 is 24.1 Å². The first kappa shape index (κ1) is 20.3. The van der Waals surface area contributed by atoms with Gasteiger partial charge in [-0.2, -0.15) is 0 Å². The topological polar surface area (TPSA) is 93.9 Å². The lowest BCUT2D eigenvalue weighted by atomic mass is 10.1. The summed E-state index contributed by atoms with van der Waals surface area (Å²) in [5.74, 6) is 0.659. The van der Waals surface area contributed by atoms with Crippen LogP contribution in [0.5, 0.6) is 5.75 Å². The van der Waals surface area contributed by atoms with E-state index in [1.54, 1.807) is 24.1 Å². The van der Waals surface area contributed by atoms with E-state index in [4.69, 9.17) is 9.15 Å². The molecule has 27 heavy (non-hydrogen) atoms. The largest absolute Gasteiger partial charge is 0.495 e. The molecule has 1 heterocycles. The predicted molar refractivity (Wildman–Crippen MR) is 99.7 cm³/mol. The van der Waals surface area contributed by atoms with Crippen molar-refractivity contribution in [3.8, 4) is 5.75 Å². The monoisotopic (exact) mass is 375 g/mol. The Hall–Kier alpha value is -3.03. The molecule has 0 radical (unpaired) electrons. The molecule has 8 heteroatoms. The summed E-state index contributed by atoms with van der Waals surface area (Å²) in [6, 6.07) is 6.86. The Morgan fingerprint density at radius 3 is 2.67 bits per heavy atom. The number of ether oxygens (including phenoxy) is 2. The van der Waals surface area contributed by atoms with Crippen molar-refractivity contribution in [2.75, 3.05) is 26.1 Å². The van der Waals surface area contributed by atoms with Gasteiger partial charge in [0.2, 0.25) is 5.89 Å². The van der Waals surface area contributed by atoms with Gasteiger partial charge >= 0.3 is 12.0 Å². The van der Waals surface area contributed by atoms with E-state index in [2.05, 4.69) is 28.9 Å². The molecule has 0 aliphatic carbocycles. The predicted octanol–water partition coefficient (Wildman–Crippen LogP) is 3.55. The third-order valence-corrected chi connectivity index (χ3v) is 3.88. The fraction of sp³-hybridized carbons (Fsp3) is 0.421. The first-order valence-electron chi connectivity index (χ1n) is 8.66. The zero-order valence-corrected chi connectivity index (χ0v) is 16.0. The van der Waals surface area contributed by atoms with Crippen LogP contribution in [0.1, 0.15) is 36.6 Å². The van der Waals surface area contributed by atoms with Gasteiger partial charge in [-0.05, 0) is 24.5 Å². The third-order valence-electron chi connectivity index (χ3n) is 3.88. The van der Waals surface area contributed by atoms with E-state index in [-0.39, 0.29) is 24.2 Å². The molecule has 0 atom stereocenters. The van der Waals surface area contributed by atoms with Gasteiger partial charge in [0, 0.05) is 6.54 Å². The molecule has 0 spiro atoms. The molecular weight excluding hydrogens is 350 g/mol. The molecule has 0 aliphatic rings. The lowest BCUT2D eigenvalue weighted by Gasteiger charge is -2.23. The van der Waals surface area contributed by atoms with Gasteiger partial charge in [-0.15, -0.1) is 0 Å². The number of amides is 2. The molecule has 1 aromatic heterocycles. The van der Waals surface area contributed by atoms with E-state index < -0.39 is 5.97 Å². The molecule has 146 valence electrons. The van der Waals surface area contributed by atoms with E-state index >= 15 is 0 Å². The van der Waals surface area contributed by atoms with Crippen molar-refractivity contribution in [2.24, 2.45) is 5.92 Å². The number of oxazole rings is 1. The summed E-state index contributed by atoms with van der Waals surface area (Å²) < 4.78 is 15.2. The molecule has 0 bridgehead atoms. The Morgan fingerprint density at radius 2 is 2.00 bits per heavy atom.